The number of aliphatic hydroxyl groups excluding tert-OH is 2. The van der Waals surface area contributed by atoms with Crippen molar-refractivity contribution in [2.75, 3.05) is 20.6 Å². The Labute approximate surface area is 132 Å². The molecule has 2 unspecified atom stereocenters. The van der Waals surface area contributed by atoms with Crippen molar-refractivity contribution in [2.45, 2.75) is 84.0 Å². The highest BCUT2D eigenvalue weighted by molar-refractivity contribution is 4.56. The van der Waals surface area contributed by atoms with Gasteiger partial charge >= 0.3 is 0 Å². The Morgan fingerprint density at radius 1 is 0.850 bits per heavy atom. The van der Waals surface area contributed by atoms with E-state index in [9.17, 15) is 10.2 Å². The van der Waals surface area contributed by atoms with E-state index in [0.29, 0.717) is 11.0 Å². The zero-order valence-electron chi connectivity index (χ0n) is 13.9. The van der Waals surface area contributed by atoms with Crippen LogP contribution in [-0.2, 0) is 0 Å². The van der Waals surface area contributed by atoms with E-state index in [0.717, 1.165) is 12.8 Å². The monoisotopic (exact) mass is 309 g/mol. The standard InChI is InChI=1S/C16H36NO2.ClH/c1-5-6-7-8-9-10-11-12-13-16(19)14-17(3,4)15(2)18;/h15-16,18-19H,5-14H2,1-4H3;1H/q+1;/p-1. The SMILES string of the molecule is CCCCCCCCCCC(O)C[N+](C)(C)C(C)O.[Cl-]. The molecule has 2 N–H and O–H groups in total. The van der Waals surface area contributed by atoms with E-state index in [4.69, 9.17) is 0 Å². The summed E-state index contributed by atoms with van der Waals surface area (Å²) in [6, 6.07) is 0. The highest BCUT2D eigenvalue weighted by Crippen LogP contribution is 2.13. The summed E-state index contributed by atoms with van der Waals surface area (Å²) in [6.45, 7) is 4.66. The summed E-state index contributed by atoms with van der Waals surface area (Å²) in [6.07, 6.45) is 10.5. The number of halogens is 1. The lowest BCUT2D eigenvalue weighted by Gasteiger charge is -2.34. The highest BCUT2D eigenvalue weighted by atomic mass is 35.5. The van der Waals surface area contributed by atoms with Gasteiger partial charge in [-0.1, -0.05) is 58.3 Å². The molecule has 0 saturated carbocycles. The zero-order chi connectivity index (χ0) is 14.7. The summed E-state index contributed by atoms with van der Waals surface area (Å²) in [4.78, 5) is 0. The summed E-state index contributed by atoms with van der Waals surface area (Å²) in [5, 5.41) is 19.6. The van der Waals surface area contributed by atoms with Gasteiger partial charge in [0.05, 0.1) is 14.1 Å². The molecular weight excluding hydrogens is 274 g/mol. The summed E-state index contributed by atoms with van der Waals surface area (Å²) >= 11 is 0. The second kappa shape index (κ2) is 12.9. The Balaban J connectivity index is 0. The molecule has 3 nitrogen and oxygen atoms in total. The fraction of sp³-hybridized carbons (Fsp3) is 1.00. The number of hydrogen-bond acceptors (Lipinski definition) is 2. The third kappa shape index (κ3) is 12.0. The number of rotatable bonds is 12. The number of aliphatic hydroxyl groups is 2. The number of likely N-dealkylation sites (N-methyl/N-ethyl adjacent to an activating group) is 1. The van der Waals surface area contributed by atoms with Crippen LogP contribution in [0.1, 0.15) is 71.6 Å². The van der Waals surface area contributed by atoms with Gasteiger partial charge in [0.25, 0.3) is 0 Å². The Kier molecular flexibility index (Phi) is 14.5. The minimum atomic E-state index is -0.423. The van der Waals surface area contributed by atoms with Gasteiger partial charge in [-0.05, 0) is 6.42 Å². The lowest BCUT2D eigenvalue weighted by molar-refractivity contribution is -0.937. The first kappa shape index (κ1) is 22.5. The van der Waals surface area contributed by atoms with Crippen LogP contribution in [-0.4, -0.2) is 47.7 Å². The van der Waals surface area contributed by atoms with Crippen molar-refractivity contribution in [3.63, 3.8) is 0 Å². The molecule has 0 aromatic rings. The first-order valence-electron chi connectivity index (χ1n) is 8.09. The topological polar surface area (TPSA) is 40.5 Å². The van der Waals surface area contributed by atoms with Crippen molar-refractivity contribution < 1.29 is 27.1 Å². The second-order valence-corrected chi connectivity index (χ2v) is 6.51. The Morgan fingerprint density at radius 3 is 1.75 bits per heavy atom. The minimum absolute atomic E-state index is 0. The Bertz CT molecular complexity index is 211. The van der Waals surface area contributed by atoms with Gasteiger partial charge < -0.3 is 27.1 Å². The lowest BCUT2D eigenvalue weighted by Crippen LogP contribution is -3.00. The first-order valence-corrected chi connectivity index (χ1v) is 8.09. The fourth-order valence-electron chi connectivity index (χ4n) is 2.30. The molecule has 0 aromatic heterocycles. The zero-order valence-corrected chi connectivity index (χ0v) is 14.7. The molecule has 0 rings (SSSR count). The van der Waals surface area contributed by atoms with Crippen molar-refractivity contribution in [1.29, 1.82) is 0 Å². The summed E-state index contributed by atoms with van der Waals surface area (Å²) in [7, 11) is 3.92. The largest absolute Gasteiger partial charge is 1.00 e. The Hall–Kier alpha value is 0.170. The number of hydrogen-bond donors (Lipinski definition) is 2. The number of unbranched alkanes of at least 4 members (excludes halogenated alkanes) is 7. The van der Waals surface area contributed by atoms with Gasteiger partial charge in [-0.25, -0.2) is 0 Å². The molecule has 0 spiro atoms. The summed E-state index contributed by atoms with van der Waals surface area (Å²) in [5.41, 5.74) is 0. The van der Waals surface area contributed by atoms with Crippen LogP contribution < -0.4 is 12.4 Å². The smallest absolute Gasteiger partial charge is 0.187 e. The van der Waals surface area contributed by atoms with Crippen LogP contribution in [0.2, 0.25) is 0 Å². The second-order valence-electron chi connectivity index (χ2n) is 6.51. The summed E-state index contributed by atoms with van der Waals surface area (Å²) in [5.74, 6) is 0. The number of quaternary nitrogens is 1. The maximum Gasteiger partial charge on any atom is 0.187 e. The molecule has 0 aliphatic carbocycles. The van der Waals surface area contributed by atoms with Gasteiger partial charge in [0.15, 0.2) is 6.23 Å². The van der Waals surface area contributed by atoms with Gasteiger partial charge in [-0.3, -0.25) is 0 Å². The molecule has 0 fully saturated rings. The van der Waals surface area contributed by atoms with Gasteiger partial charge in [-0.2, -0.15) is 0 Å². The van der Waals surface area contributed by atoms with Gasteiger partial charge in [-0.15, -0.1) is 0 Å². The third-order valence-corrected chi connectivity index (χ3v) is 4.08. The van der Waals surface area contributed by atoms with E-state index < -0.39 is 6.23 Å². The van der Waals surface area contributed by atoms with Crippen molar-refractivity contribution in [2.24, 2.45) is 0 Å². The predicted molar refractivity (Wildman–Crippen MR) is 81.9 cm³/mol. The van der Waals surface area contributed by atoms with Crippen LogP contribution in [0.3, 0.4) is 0 Å². The molecule has 20 heavy (non-hydrogen) atoms. The molecule has 0 saturated heterocycles. The maximum atomic E-state index is 9.98. The molecule has 4 heteroatoms. The van der Waals surface area contributed by atoms with Gasteiger partial charge in [0, 0.05) is 6.92 Å². The van der Waals surface area contributed by atoms with Crippen molar-refractivity contribution in [3.05, 3.63) is 0 Å². The Morgan fingerprint density at radius 2 is 1.30 bits per heavy atom. The highest BCUT2D eigenvalue weighted by Gasteiger charge is 2.24. The first-order chi connectivity index (χ1) is 8.90. The van der Waals surface area contributed by atoms with Crippen LogP contribution in [0, 0.1) is 0 Å². The molecule has 0 amide bonds. The van der Waals surface area contributed by atoms with Crippen LogP contribution in [0.4, 0.5) is 0 Å². The third-order valence-electron chi connectivity index (χ3n) is 4.08. The van der Waals surface area contributed by atoms with Crippen LogP contribution in [0.15, 0.2) is 0 Å². The van der Waals surface area contributed by atoms with E-state index in [-0.39, 0.29) is 18.5 Å². The van der Waals surface area contributed by atoms with Gasteiger partial charge in [0.2, 0.25) is 0 Å². The molecule has 0 heterocycles. The molecular formula is C16H36ClNO2. The maximum absolute atomic E-state index is 9.98. The molecule has 2 atom stereocenters. The molecule has 0 bridgehead atoms. The van der Waals surface area contributed by atoms with E-state index in [1.807, 2.05) is 14.1 Å². The molecule has 0 aliphatic heterocycles. The van der Waals surface area contributed by atoms with Crippen LogP contribution in [0.5, 0.6) is 0 Å². The number of nitrogens with zero attached hydrogens (tertiary/aromatic N) is 1. The summed E-state index contributed by atoms with van der Waals surface area (Å²) < 4.78 is 0.470. The molecule has 0 aliphatic rings. The van der Waals surface area contributed by atoms with E-state index in [1.165, 1.54) is 44.9 Å². The molecule has 0 radical (unpaired) electrons. The van der Waals surface area contributed by atoms with Crippen molar-refractivity contribution in [1.82, 2.24) is 0 Å². The predicted octanol–water partition coefficient (Wildman–Crippen LogP) is 0.297. The average Bonchev–Trinajstić information content (AvgIpc) is 2.31. The van der Waals surface area contributed by atoms with E-state index in [2.05, 4.69) is 6.92 Å². The molecule has 124 valence electrons. The average molecular weight is 310 g/mol. The van der Waals surface area contributed by atoms with Crippen molar-refractivity contribution in [3.8, 4) is 0 Å². The fourth-order valence-corrected chi connectivity index (χ4v) is 2.30. The van der Waals surface area contributed by atoms with Gasteiger partial charge in [0.1, 0.15) is 12.6 Å². The molecule has 0 aromatic carbocycles. The normalized spacial score (nSPS) is 14.7. The van der Waals surface area contributed by atoms with Crippen LogP contribution in [0.25, 0.3) is 0 Å². The van der Waals surface area contributed by atoms with E-state index >= 15 is 0 Å². The minimum Gasteiger partial charge on any atom is -1.00 e. The van der Waals surface area contributed by atoms with E-state index in [1.54, 1.807) is 6.92 Å². The quantitative estimate of drug-likeness (QED) is 0.309. The lowest BCUT2D eigenvalue weighted by atomic mass is 10.1. The van der Waals surface area contributed by atoms with Crippen molar-refractivity contribution >= 4 is 0 Å². The van der Waals surface area contributed by atoms with Crippen LogP contribution >= 0.6 is 0 Å².